The first-order valence-corrected chi connectivity index (χ1v) is 11.4. The van der Waals surface area contributed by atoms with Crippen LogP contribution < -0.4 is 9.64 Å². The lowest BCUT2D eigenvalue weighted by atomic mass is 9.93. The van der Waals surface area contributed by atoms with Crippen molar-refractivity contribution in [2.24, 2.45) is 0 Å². The molecule has 30 heavy (non-hydrogen) atoms. The number of rotatable bonds is 3. The van der Waals surface area contributed by atoms with Gasteiger partial charge in [-0.05, 0) is 67.5 Å². The van der Waals surface area contributed by atoms with Gasteiger partial charge in [0.25, 0.3) is 0 Å². The molecule has 6 heteroatoms. The van der Waals surface area contributed by atoms with E-state index in [9.17, 15) is 4.79 Å². The minimum Gasteiger partial charge on any atom is -0.488 e. The third-order valence-corrected chi connectivity index (χ3v) is 6.97. The number of ether oxygens (including phenoxy) is 1. The highest BCUT2D eigenvalue weighted by atomic mass is 32.1. The SMILES string of the molecule is CC1(C)CCc2cc(CC(=O)N3CCN(c4nsc5ccccc45)CC3)ccc2O1. The fraction of sp³-hybridized carbons (Fsp3) is 0.417. The highest BCUT2D eigenvalue weighted by Crippen LogP contribution is 2.34. The van der Waals surface area contributed by atoms with Crippen LogP contribution in [0.2, 0.25) is 0 Å². The minimum atomic E-state index is -0.105. The Hall–Kier alpha value is -2.60. The molecule has 0 N–H and O–H groups in total. The van der Waals surface area contributed by atoms with E-state index in [1.54, 1.807) is 11.5 Å². The molecule has 1 aromatic heterocycles. The molecule has 0 unspecified atom stereocenters. The average Bonchev–Trinajstić information content (AvgIpc) is 3.18. The monoisotopic (exact) mass is 421 g/mol. The van der Waals surface area contributed by atoms with Crippen molar-refractivity contribution in [1.29, 1.82) is 0 Å². The molecule has 1 amide bonds. The van der Waals surface area contributed by atoms with E-state index in [0.29, 0.717) is 6.42 Å². The van der Waals surface area contributed by atoms with Crippen molar-refractivity contribution in [3.05, 3.63) is 53.6 Å². The summed E-state index contributed by atoms with van der Waals surface area (Å²) in [5.41, 5.74) is 2.20. The number of hydrogen-bond acceptors (Lipinski definition) is 5. The molecule has 2 aliphatic heterocycles. The maximum Gasteiger partial charge on any atom is 0.227 e. The van der Waals surface area contributed by atoms with Crippen molar-refractivity contribution < 1.29 is 9.53 Å². The van der Waals surface area contributed by atoms with Crippen LogP contribution in [-0.2, 0) is 17.6 Å². The van der Waals surface area contributed by atoms with E-state index in [1.165, 1.54) is 15.6 Å². The summed E-state index contributed by atoms with van der Waals surface area (Å²) in [6.45, 7) is 7.39. The van der Waals surface area contributed by atoms with Crippen LogP contribution in [0.5, 0.6) is 5.75 Å². The van der Waals surface area contributed by atoms with Gasteiger partial charge in [0.15, 0.2) is 0 Å². The molecule has 0 atom stereocenters. The lowest BCUT2D eigenvalue weighted by molar-refractivity contribution is -0.130. The number of aryl methyl sites for hydroxylation is 1. The molecule has 0 spiro atoms. The zero-order valence-electron chi connectivity index (χ0n) is 17.6. The lowest BCUT2D eigenvalue weighted by Crippen LogP contribution is -2.49. The number of hydrogen-bond donors (Lipinski definition) is 0. The molecule has 1 fully saturated rings. The molecule has 0 aliphatic carbocycles. The van der Waals surface area contributed by atoms with Gasteiger partial charge in [-0.3, -0.25) is 4.79 Å². The molecule has 1 saturated heterocycles. The van der Waals surface area contributed by atoms with Gasteiger partial charge in [0.2, 0.25) is 5.91 Å². The van der Waals surface area contributed by atoms with Crippen LogP contribution in [0.15, 0.2) is 42.5 Å². The van der Waals surface area contributed by atoms with Crippen molar-refractivity contribution in [2.75, 3.05) is 31.1 Å². The fourth-order valence-electron chi connectivity index (χ4n) is 4.38. The van der Waals surface area contributed by atoms with E-state index in [0.717, 1.165) is 56.2 Å². The third kappa shape index (κ3) is 3.76. The lowest BCUT2D eigenvalue weighted by Gasteiger charge is -2.35. The summed E-state index contributed by atoms with van der Waals surface area (Å²) in [6, 6.07) is 14.6. The molecule has 3 heterocycles. The van der Waals surface area contributed by atoms with Gasteiger partial charge in [-0.15, -0.1) is 0 Å². The van der Waals surface area contributed by atoms with Crippen LogP contribution in [0.1, 0.15) is 31.4 Å². The predicted octanol–water partition coefficient (Wildman–Crippen LogP) is 4.29. The fourth-order valence-corrected chi connectivity index (χ4v) is 5.17. The number of amides is 1. The van der Waals surface area contributed by atoms with Crippen molar-refractivity contribution in [2.45, 2.75) is 38.7 Å². The maximum atomic E-state index is 12.9. The van der Waals surface area contributed by atoms with Gasteiger partial charge in [0.1, 0.15) is 17.2 Å². The maximum absolute atomic E-state index is 12.9. The molecular formula is C24H27N3O2S. The molecule has 0 radical (unpaired) electrons. The van der Waals surface area contributed by atoms with E-state index in [-0.39, 0.29) is 11.5 Å². The van der Waals surface area contributed by atoms with Crippen molar-refractivity contribution in [3.63, 3.8) is 0 Å². The molecule has 2 aromatic carbocycles. The zero-order chi connectivity index (χ0) is 20.7. The summed E-state index contributed by atoms with van der Waals surface area (Å²) in [5.74, 6) is 2.22. The molecule has 2 aliphatic rings. The smallest absolute Gasteiger partial charge is 0.227 e. The van der Waals surface area contributed by atoms with Crippen LogP contribution in [0.3, 0.4) is 0 Å². The summed E-state index contributed by atoms with van der Waals surface area (Å²) < 4.78 is 11.9. The Morgan fingerprint density at radius 3 is 2.77 bits per heavy atom. The van der Waals surface area contributed by atoms with Gasteiger partial charge in [0.05, 0.1) is 11.1 Å². The van der Waals surface area contributed by atoms with Gasteiger partial charge in [0, 0.05) is 31.6 Å². The first-order chi connectivity index (χ1) is 14.5. The zero-order valence-corrected chi connectivity index (χ0v) is 18.4. The number of fused-ring (bicyclic) bond motifs is 2. The van der Waals surface area contributed by atoms with Crippen LogP contribution >= 0.6 is 11.5 Å². The number of carbonyl (C=O) groups is 1. The van der Waals surface area contributed by atoms with Gasteiger partial charge in [-0.1, -0.05) is 24.3 Å². The van der Waals surface area contributed by atoms with Gasteiger partial charge in [-0.25, -0.2) is 0 Å². The molecule has 0 saturated carbocycles. The summed E-state index contributed by atoms with van der Waals surface area (Å²) in [4.78, 5) is 17.2. The number of nitrogens with zero attached hydrogens (tertiary/aromatic N) is 3. The van der Waals surface area contributed by atoms with Crippen molar-refractivity contribution in [3.8, 4) is 5.75 Å². The molecule has 5 rings (SSSR count). The Morgan fingerprint density at radius 1 is 1.13 bits per heavy atom. The molecule has 156 valence electrons. The Labute approximate surface area is 181 Å². The largest absolute Gasteiger partial charge is 0.488 e. The van der Waals surface area contributed by atoms with Crippen LogP contribution in [0.25, 0.3) is 10.1 Å². The quantitative estimate of drug-likeness (QED) is 0.633. The molecule has 5 nitrogen and oxygen atoms in total. The summed E-state index contributed by atoms with van der Waals surface area (Å²) >= 11 is 1.55. The first-order valence-electron chi connectivity index (χ1n) is 10.7. The van der Waals surface area contributed by atoms with Gasteiger partial charge < -0.3 is 14.5 Å². The number of piperazine rings is 1. The summed E-state index contributed by atoms with van der Waals surface area (Å²) in [7, 11) is 0. The summed E-state index contributed by atoms with van der Waals surface area (Å²) in [6.07, 6.45) is 2.46. The van der Waals surface area contributed by atoms with E-state index >= 15 is 0 Å². The van der Waals surface area contributed by atoms with E-state index in [2.05, 4.69) is 53.5 Å². The Balaban J connectivity index is 1.21. The minimum absolute atomic E-state index is 0.105. The molecular weight excluding hydrogens is 394 g/mol. The topological polar surface area (TPSA) is 45.7 Å². The molecule has 0 bridgehead atoms. The van der Waals surface area contributed by atoms with Crippen molar-refractivity contribution in [1.82, 2.24) is 9.27 Å². The number of carbonyl (C=O) groups excluding carboxylic acids is 1. The second-order valence-corrected chi connectivity index (χ2v) is 9.66. The second-order valence-electron chi connectivity index (χ2n) is 8.85. The van der Waals surface area contributed by atoms with E-state index in [4.69, 9.17) is 4.74 Å². The Bertz CT molecular complexity index is 1080. The normalized spacial score (nSPS) is 18.2. The Morgan fingerprint density at radius 2 is 1.93 bits per heavy atom. The number of aromatic nitrogens is 1. The highest BCUT2D eigenvalue weighted by Gasteiger charge is 2.27. The average molecular weight is 422 g/mol. The predicted molar refractivity (Wildman–Crippen MR) is 122 cm³/mol. The van der Waals surface area contributed by atoms with Gasteiger partial charge in [-0.2, -0.15) is 4.37 Å². The van der Waals surface area contributed by atoms with Crippen LogP contribution in [-0.4, -0.2) is 47.0 Å². The number of anilines is 1. The highest BCUT2D eigenvalue weighted by molar-refractivity contribution is 7.13. The second kappa shape index (κ2) is 7.58. The van der Waals surface area contributed by atoms with E-state index < -0.39 is 0 Å². The van der Waals surface area contributed by atoms with Crippen molar-refractivity contribution >= 4 is 33.3 Å². The first kappa shape index (κ1) is 19.4. The standard InChI is InChI=1S/C24H27N3O2S/c1-24(2)10-9-18-15-17(7-8-20(18)29-24)16-22(28)26-11-13-27(14-12-26)23-19-5-3-4-6-21(19)30-25-23/h3-8,15H,9-14,16H2,1-2H3. The number of benzene rings is 2. The van der Waals surface area contributed by atoms with E-state index in [1.807, 2.05) is 17.0 Å². The third-order valence-electron chi connectivity index (χ3n) is 6.15. The van der Waals surface area contributed by atoms with Gasteiger partial charge >= 0.3 is 0 Å². The molecule has 3 aromatic rings. The van der Waals surface area contributed by atoms with Crippen LogP contribution in [0.4, 0.5) is 5.82 Å². The summed E-state index contributed by atoms with van der Waals surface area (Å²) in [5, 5.41) is 1.21. The van der Waals surface area contributed by atoms with Crippen LogP contribution in [0, 0.1) is 0 Å². The Kier molecular flexibility index (Phi) is 4.89.